The van der Waals surface area contributed by atoms with Gasteiger partial charge in [-0.15, -0.1) is 0 Å². The van der Waals surface area contributed by atoms with Gasteiger partial charge >= 0.3 is 0 Å². The molecule has 0 spiro atoms. The van der Waals surface area contributed by atoms with Gasteiger partial charge in [0, 0.05) is 31.0 Å². The number of carbonyl (C=O) groups is 2. The van der Waals surface area contributed by atoms with Crippen LogP contribution in [0.3, 0.4) is 0 Å². The molecule has 1 aromatic rings. The standard InChI is InChI=1S/C9H12N4O2/c10-7-1-3-12-5-6(7)9(15)13-4-2-8(11)14/h1,3,5H,2,4H2,(H2,10,12)(H2,11,14)(H,13,15). The van der Waals surface area contributed by atoms with E-state index in [1.54, 1.807) is 0 Å². The molecule has 0 atom stereocenters. The Morgan fingerprint density at radius 1 is 1.47 bits per heavy atom. The first-order valence-electron chi connectivity index (χ1n) is 4.37. The molecule has 1 heterocycles. The second-order valence-corrected chi connectivity index (χ2v) is 2.94. The van der Waals surface area contributed by atoms with Gasteiger partial charge in [0.2, 0.25) is 5.91 Å². The quantitative estimate of drug-likeness (QED) is 0.605. The predicted octanol–water partition coefficient (Wildman–Crippen LogP) is -0.731. The van der Waals surface area contributed by atoms with Crippen LogP contribution in [-0.4, -0.2) is 23.3 Å². The summed E-state index contributed by atoms with van der Waals surface area (Å²) < 4.78 is 0. The molecule has 5 N–H and O–H groups in total. The van der Waals surface area contributed by atoms with Crippen molar-refractivity contribution in [3.8, 4) is 0 Å². The highest BCUT2D eigenvalue weighted by molar-refractivity contribution is 5.98. The summed E-state index contributed by atoms with van der Waals surface area (Å²) in [5.74, 6) is -0.823. The van der Waals surface area contributed by atoms with Crippen molar-refractivity contribution in [2.45, 2.75) is 6.42 Å². The van der Waals surface area contributed by atoms with Crippen LogP contribution in [0.25, 0.3) is 0 Å². The Labute approximate surface area is 86.7 Å². The Morgan fingerprint density at radius 2 is 2.20 bits per heavy atom. The van der Waals surface area contributed by atoms with Crippen molar-refractivity contribution in [1.82, 2.24) is 10.3 Å². The van der Waals surface area contributed by atoms with Crippen molar-refractivity contribution in [3.63, 3.8) is 0 Å². The first kappa shape index (κ1) is 11.0. The number of pyridine rings is 1. The van der Waals surface area contributed by atoms with Crippen LogP contribution in [-0.2, 0) is 4.79 Å². The van der Waals surface area contributed by atoms with Crippen LogP contribution in [0.2, 0.25) is 0 Å². The highest BCUT2D eigenvalue weighted by atomic mass is 16.2. The van der Waals surface area contributed by atoms with E-state index >= 15 is 0 Å². The topological polar surface area (TPSA) is 111 Å². The third-order valence-electron chi connectivity index (χ3n) is 1.76. The van der Waals surface area contributed by atoms with E-state index in [-0.39, 0.29) is 18.9 Å². The molecule has 0 saturated heterocycles. The number of primary amides is 1. The number of hydrogen-bond donors (Lipinski definition) is 3. The molecule has 0 radical (unpaired) electrons. The van der Waals surface area contributed by atoms with Gasteiger partial charge in [-0.1, -0.05) is 0 Å². The number of nitrogens with one attached hydrogen (secondary N) is 1. The largest absolute Gasteiger partial charge is 0.398 e. The molecule has 1 rings (SSSR count). The van der Waals surface area contributed by atoms with E-state index in [4.69, 9.17) is 11.5 Å². The average molecular weight is 208 g/mol. The highest BCUT2D eigenvalue weighted by Gasteiger charge is 2.08. The first-order valence-corrected chi connectivity index (χ1v) is 4.37. The maximum atomic E-state index is 11.5. The van der Waals surface area contributed by atoms with E-state index < -0.39 is 5.91 Å². The Balaban J connectivity index is 2.54. The molecule has 0 unspecified atom stereocenters. The van der Waals surface area contributed by atoms with Crippen LogP contribution in [0.5, 0.6) is 0 Å². The summed E-state index contributed by atoms with van der Waals surface area (Å²) in [5, 5.41) is 2.51. The Bertz CT molecular complexity index is 378. The number of anilines is 1. The smallest absolute Gasteiger partial charge is 0.254 e. The van der Waals surface area contributed by atoms with Gasteiger partial charge < -0.3 is 16.8 Å². The van der Waals surface area contributed by atoms with Crippen LogP contribution in [0.1, 0.15) is 16.8 Å². The van der Waals surface area contributed by atoms with Crippen LogP contribution in [0.15, 0.2) is 18.5 Å². The zero-order valence-electron chi connectivity index (χ0n) is 8.06. The van der Waals surface area contributed by atoms with E-state index in [1.165, 1.54) is 18.5 Å². The molecule has 0 aliphatic rings. The lowest BCUT2D eigenvalue weighted by Crippen LogP contribution is -2.28. The second kappa shape index (κ2) is 4.94. The third-order valence-corrected chi connectivity index (χ3v) is 1.76. The van der Waals surface area contributed by atoms with Crippen LogP contribution in [0.4, 0.5) is 5.69 Å². The molecule has 0 aliphatic heterocycles. The van der Waals surface area contributed by atoms with Gasteiger partial charge in [-0.2, -0.15) is 0 Å². The fourth-order valence-corrected chi connectivity index (χ4v) is 0.989. The molecule has 0 aliphatic carbocycles. The van der Waals surface area contributed by atoms with E-state index in [9.17, 15) is 9.59 Å². The lowest BCUT2D eigenvalue weighted by Gasteiger charge is -2.05. The van der Waals surface area contributed by atoms with Crippen molar-refractivity contribution in [3.05, 3.63) is 24.0 Å². The highest BCUT2D eigenvalue weighted by Crippen LogP contribution is 2.07. The first-order chi connectivity index (χ1) is 7.11. The molecular formula is C9H12N4O2. The van der Waals surface area contributed by atoms with E-state index in [2.05, 4.69) is 10.3 Å². The van der Waals surface area contributed by atoms with Crippen LogP contribution < -0.4 is 16.8 Å². The average Bonchev–Trinajstić information content (AvgIpc) is 2.17. The van der Waals surface area contributed by atoms with Crippen LogP contribution in [0, 0.1) is 0 Å². The molecule has 0 bridgehead atoms. The number of hydrogen-bond acceptors (Lipinski definition) is 4. The van der Waals surface area contributed by atoms with Gasteiger partial charge in [-0.25, -0.2) is 0 Å². The monoisotopic (exact) mass is 208 g/mol. The summed E-state index contributed by atoms with van der Waals surface area (Å²) in [6.45, 7) is 0.197. The fourth-order valence-electron chi connectivity index (χ4n) is 0.989. The summed E-state index contributed by atoms with van der Waals surface area (Å²) in [7, 11) is 0. The number of nitrogen functional groups attached to an aromatic ring is 1. The molecule has 0 fully saturated rings. The molecule has 6 nitrogen and oxygen atoms in total. The number of amides is 2. The Hall–Kier alpha value is -2.11. The number of carbonyl (C=O) groups excluding carboxylic acids is 2. The zero-order chi connectivity index (χ0) is 11.3. The fraction of sp³-hybridized carbons (Fsp3) is 0.222. The third kappa shape index (κ3) is 3.26. The van der Waals surface area contributed by atoms with Crippen molar-refractivity contribution in [2.24, 2.45) is 5.73 Å². The Morgan fingerprint density at radius 3 is 2.80 bits per heavy atom. The number of aromatic nitrogens is 1. The minimum absolute atomic E-state index is 0.103. The lowest BCUT2D eigenvalue weighted by atomic mass is 10.2. The normalized spacial score (nSPS) is 9.60. The van der Waals surface area contributed by atoms with Crippen molar-refractivity contribution in [1.29, 1.82) is 0 Å². The summed E-state index contributed by atoms with van der Waals surface area (Å²) in [5.41, 5.74) is 11.1. The molecule has 15 heavy (non-hydrogen) atoms. The minimum atomic E-state index is -0.463. The second-order valence-electron chi connectivity index (χ2n) is 2.94. The molecule has 80 valence electrons. The summed E-state index contributed by atoms with van der Waals surface area (Å²) in [6, 6.07) is 1.53. The number of nitrogens with zero attached hydrogens (tertiary/aromatic N) is 1. The lowest BCUT2D eigenvalue weighted by molar-refractivity contribution is -0.117. The SMILES string of the molecule is NC(=O)CCNC(=O)c1cnccc1N. The summed E-state index contributed by atoms with van der Waals surface area (Å²) in [4.78, 5) is 25.7. The van der Waals surface area contributed by atoms with Gasteiger partial charge in [0.15, 0.2) is 0 Å². The summed E-state index contributed by atoms with van der Waals surface area (Å²) in [6.07, 6.45) is 2.97. The predicted molar refractivity (Wildman–Crippen MR) is 54.8 cm³/mol. The van der Waals surface area contributed by atoms with E-state index in [0.717, 1.165) is 0 Å². The van der Waals surface area contributed by atoms with E-state index in [1.807, 2.05) is 0 Å². The van der Waals surface area contributed by atoms with Crippen LogP contribution >= 0.6 is 0 Å². The zero-order valence-corrected chi connectivity index (χ0v) is 8.06. The Kier molecular flexibility index (Phi) is 3.61. The van der Waals surface area contributed by atoms with Gasteiger partial charge in [0.25, 0.3) is 5.91 Å². The molecular weight excluding hydrogens is 196 g/mol. The molecule has 2 amide bonds. The molecule has 0 saturated carbocycles. The van der Waals surface area contributed by atoms with Crippen molar-refractivity contribution in [2.75, 3.05) is 12.3 Å². The maximum absolute atomic E-state index is 11.5. The van der Waals surface area contributed by atoms with Crippen molar-refractivity contribution < 1.29 is 9.59 Å². The maximum Gasteiger partial charge on any atom is 0.254 e. The molecule has 1 aromatic heterocycles. The van der Waals surface area contributed by atoms with Gasteiger partial charge in [0.05, 0.1) is 5.56 Å². The van der Waals surface area contributed by atoms with Crippen molar-refractivity contribution >= 4 is 17.5 Å². The summed E-state index contributed by atoms with van der Waals surface area (Å²) >= 11 is 0. The van der Waals surface area contributed by atoms with Gasteiger partial charge in [0.1, 0.15) is 0 Å². The molecule has 6 heteroatoms. The van der Waals surface area contributed by atoms with Gasteiger partial charge in [-0.3, -0.25) is 14.6 Å². The van der Waals surface area contributed by atoms with Gasteiger partial charge in [-0.05, 0) is 6.07 Å². The minimum Gasteiger partial charge on any atom is -0.398 e. The number of rotatable bonds is 4. The van der Waals surface area contributed by atoms with E-state index in [0.29, 0.717) is 11.3 Å². The molecule has 0 aromatic carbocycles. The number of nitrogens with two attached hydrogens (primary N) is 2.